The monoisotopic (exact) mass is 565 g/mol. The summed E-state index contributed by atoms with van der Waals surface area (Å²) in [7, 11) is 0. The summed E-state index contributed by atoms with van der Waals surface area (Å²) in [6.07, 6.45) is 4.71. The van der Waals surface area contributed by atoms with Crippen molar-refractivity contribution < 1.29 is 38.1 Å². The maximum atomic E-state index is 13.2. The number of nitrogens with zero attached hydrogens (tertiary/aromatic N) is 1. The lowest BCUT2D eigenvalue weighted by Crippen LogP contribution is -2.46. The molecular formula is C29H44FN3O7. The summed E-state index contributed by atoms with van der Waals surface area (Å²) in [5.74, 6) is -0.443. The van der Waals surface area contributed by atoms with Gasteiger partial charge in [-0.15, -0.1) is 0 Å². The van der Waals surface area contributed by atoms with Crippen LogP contribution in [-0.2, 0) is 23.9 Å². The van der Waals surface area contributed by atoms with Crippen LogP contribution in [0.3, 0.4) is 0 Å². The molecule has 40 heavy (non-hydrogen) atoms. The zero-order chi connectivity index (χ0) is 28.6. The number of aliphatic carboxylic acids is 1. The molecule has 2 heterocycles. The molecule has 0 spiro atoms. The van der Waals surface area contributed by atoms with E-state index < -0.39 is 18.7 Å². The average Bonchev–Trinajstić information content (AvgIpc) is 2.97. The Morgan fingerprint density at radius 3 is 2.58 bits per heavy atom. The molecule has 3 rings (SSSR count). The van der Waals surface area contributed by atoms with E-state index >= 15 is 0 Å². The van der Waals surface area contributed by atoms with Gasteiger partial charge in [-0.1, -0.05) is 12.1 Å². The normalized spacial score (nSPS) is 18.7. The van der Waals surface area contributed by atoms with Gasteiger partial charge in [-0.25, -0.2) is 4.39 Å². The maximum absolute atomic E-state index is 13.2. The molecule has 2 unspecified atom stereocenters. The number of rotatable bonds is 17. The number of hydrogen-bond donors (Lipinski definition) is 3. The molecule has 224 valence electrons. The zero-order valence-electron chi connectivity index (χ0n) is 23.3. The van der Waals surface area contributed by atoms with E-state index in [0.717, 1.165) is 38.8 Å². The lowest BCUT2D eigenvalue weighted by molar-refractivity contribution is -0.138. The first-order valence-corrected chi connectivity index (χ1v) is 14.4. The fourth-order valence-electron chi connectivity index (χ4n) is 5.21. The van der Waals surface area contributed by atoms with E-state index in [-0.39, 0.29) is 37.4 Å². The van der Waals surface area contributed by atoms with E-state index in [9.17, 15) is 23.9 Å². The molecule has 2 saturated heterocycles. The lowest BCUT2D eigenvalue weighted by Gasteiger charge is -2.33. The molecule has 11 heteroatoms. The van der Waals surface area contributed by atoms with Crippen LogP contribution < -0.4 is 15.4 Å². The van der Waals surface area contributed by atoms with Crippen molar-refractivity contribution in [1.29, 1.82) is 0 Å². The van der Waals surface area contributed by atoms with Gasteiger partial charge < -0.3 is 34.9 Å². The Labute approximate surface area is 235 Å². The standard InChI is InChI=1S/C29H44FN3O7/c30-10-14-38-15-16-39-17-18-40-25-5-1-3-23(19-25)26(20-28(35)36)32-29(37)24-4-2-13-33(21-24)27(34)7-6-22-8-11-31-12-9-22/h1,3,5,19,22,24,26,31H,2,4,6-18,20-21H2,(H,32,37)(H,35,36). The van der Waals surface area contributed by atoms with Crippen LogP contribution in [0.15, 0.2) is 24.3 Å². The van der Waals surface area contributed by atoms with E-state index in [1.807, 2.05) is 0 Å². The second-order valence-corrected chi connectivity index (χ2v) is 10.4. The van der Waals surface area contributed by atoms with Crippen molar-refractivity contribution in [2.24, 2.45) is 11.8 Å². The number of carbonyl (C=O) groups is 3. The van der Waals surface area contributed by atoms with Gasteiger partial charge >= 0.3 is 5.97 Å². The first kappa shape index (κ1) is 31.8. The smallest absolute Gasteiger partial charge is 0.305 e. The summed E-state index contributed by atoms with van der Waals surface area (Å²) in [5.41, 5.74) is 0.625. The third-order valence-corrected chi connectivity index (χ3v) is 7.42. The summed E-state index contributed by atoms with van der Waals surface area (Å²) in [4.78, 5) is 39.5. The van der Waals surface area contributed by atoms with Crippen LogP contribution in [0.2, 0.25) is 0 Å². The van der Waals surface area contributed by atoms with Crippen LogP contribution in [0.25, 0.3) is 0 Å². The number of likely N-dealkylation sites (tertiary alicyclic amines) is 1. The number of halogens is 1. The maximum Gasteiger partial charge on any atom is 0.305 e. The minimum absolute atomic E-state index is 0.0520. The zero-order valence-corrected chi connectivity index (χ0v) is 23.3. The molecule has 2 aliphatic heterocycles. The van der Waals surface area contributed by atoms with Crippen LogP contribution in [0, 0.1) is 11.8 Å². The van der Waals surface area contributed by atoms with Gasteiger partial charge in [-0.05, 0) is 68.8 Å². The van der Waals surface area contributed by atoms with Gasteiger partial charge in [0, 0.05) is 19.5 Å². The van der Waals surface area contributed by atoms with Crippen LogP contribution in [-0.4, -0.2) is 93.7 Å². The van der Waals surface area contributed by atoms with Crippen LogP contribution in [0.1, 0.15) is 56.6 Å². The van der Waals surface area contributed by atoms with Crippen molar-refractivity contribution in [3.8, 4) is 5.75 Å². The summed E-state index contributed by atoms with van der Waals surface area (Å²) in [5, 5.41) is 15.8. The third-order valence-electron chi connectivity index (χ3n) is 7.42. The van der Waals surface area contributed by atoms with Gasteiger partial charge in [0.2, 0.25) is 11.8 Å². The molecule has 2 aliphatic rings. The van der Waals surface area contributed by atoms with Crippen LogP contribution >= 0.6 is 0 Å². The molecule has 2 fully saturated rings. The molecule has 0 aliphatic carbocycles. The summed E-state index contributed by atoms with van der Waals surface area (Å²) >= 11 is 0. The van der Waals surface area contributed by atoms with Crippen LogP contribution in [0.5, 0.6) is 5.75 Å². The quantitative estimate of drug-likeness (QED) is 0.246. The third kappa shape index (κ3) is 11.4. The number of piperidine rings is 2. The number of hydrogen-bond acceptors (Lipinski definition) is 7. The molecule has 1 aromatic carbocycles. The number of carboxylic acid groups (broad SMARTS) is 1. The van der Waals surface area contributed by atoms with Crippen molar-refractivity contribution >= 4 is 17.8 Å². The fourth-order valence-corrected chi connectivity index (χ4v) is 5.21. The van der Waals surface area contributed by atoms with Gasteiger partial charge in [-0.3, -0.25) is 14.4 Å². The highest BCUT2D eigenvalue weighted by atomic mass is 19.1. The largest absolute Gasteiger partial charge is 0.491 e. The molecule has 3 N–H and O–H groups in total. The number of carbonyl (C=O) groups excluding carboxylic acids is 2. The second-order valence-electron chi connectivity index (χ2n) is 10.4. The topological polar surface area (TPSA) is 126 Å². The van der Waals surface area contributed by atoms with Crippen molar-refractivity contribution in [2.75, 3.05) is 65.9 Å². The first-order valence-electron chi connectivity index (χ1n) is 14.4. The highest BCUT2D eigenvalue weighted by molar-refractivity contribution is 5.82. The summed E-state index contributed by atoms with van der Waals surface area (Å²) < 4.78 is 28.1. The molecule has 0 bridgehead atoms. The van der Waals surface area contributed by atoms with E-state index in [2.05, 4.69) is 10.6 Å². The van der Waals surface area contributed by atoms with E-state index in [1.54, 1.807) is 29.2 Å². The summed E-state index contributed by atoms with van der Waals surface area (Å²) in [6.45, 7) is 3.77. The number of ether oxygens (including phenoxy) is 3. The minimum atomic E-state index is -1.03. The van der Waals surface area contributed by atoms with E-state index in [1.165, 1.54) is 0 Å². The molecule has 2 atom stereocenters. The Hall–Kier alpha value is -2.76. The van der Waals surface area contributed by atoms with Gasteiger partial charge in [0.05, 0.1) is 44.8 Å². The molecule has 0 saturated carbocycles. The molecule has 2 amide bonds. The van der Waals surface area contributed by atoms with Crippen LogP contribution in [0.4, 0.5) is 4.39 Å². The fraction of sp³-hybridized carbons (Fsp3) is 0.690. The molecular weight excluding hydrogens is 521 g/mol. The number of alkyl halides is 1. The predicted molar refractivity (Wildman–Crippen MR) is 147 cm³/mol. The number of amides is 2. The number of benzene rings is 1. The molecule has 1 aromatic rings. The van der Waals surface area contributed by atoms with Gasteiger partial charge in [0.1, 0.15) is 19.0 Å². The van der Waals surface area contributed by atoms with Crippen molar-refractivity contribution in [2.45, 2.75) is 51.0 Å². The Bertz CT molecular complexity index is 929. The Morgan fingerprint density at radius 2 is 1.82 bits per heavy atom. The Balaban J connectivity index is 1.49. The predicted octanol–water partition coefficient (Wildman–Crippen LogP) is 2.72. The molecule has 0 aromatic heterocycles. The van der Waals surface area contributed by atoms with Crippen molar-refractivity contribution in [3.05, 3.63) is 29.8 Å². The Kier molecular flexibility index (Phi) is 14.2. The lowest BCUT2D eigenvalue weighted by atomic mass is 9.92. The molecule has 10 nitrogen and oxygen atoms in total. The first-order chi connectivity index (χ1) is 19.5. The number of nitrogens with one attached hydrogen (secondary N) is 2. The highest BCUT2D eigenvalue weighted by Crippen LogP contribution is 2.25. The van der Waals surface area contributed by atoms with Crippen molar-refractivity contribution in [1.82, 2.24) is 15.5 Å². The Morgan fingerprint density at radius 1 is 1.07 bits per heavy atom. The second kappa shape index (κ2) is 17.8. The van der Waals surface area contributed by atoms with E-state index in [0.29, 0.717) is 63.0 Å². The van der Waals surface area contributed by atoms with Gasteiger partial charge in [-0.2, -0.15) is 0 Å². The highest BCUT2D eigenvalue weighted by Gasteiger charge is 2.30. The van der Waals surface area contributed by atoms with Crippen molar-refractivity contribution in [3.63, 3.8) is 0 Å². The van der Waals surface area contributed by atoms with Gasteiger partial charge in [0.25, 0.3) is 0 Å². The average molecular weight is 566 g/mol. The summed E-state index contributed by atoms with van der Waals surface area (Å²) in [6, 6.07) is 6.25. The van der Waals surface area contributed by atoms with E-state index in [4.69, 9.17) is 14.2 Å². The minimum Gasteiger partial charge on any atom is -0.491 e. The van der Waals surface area contributed by atoms with Gasteiger partial charge in [0.15, 0.2) is 0 Å². The molecule has 0 radical (unpaired) electrons. The number of carboxylic acids is 1. The SMILES string of the molecule is O=C(O)CC(NC(=O)C1CCCN(C(=O)CCC2CCNCC2)C1)c1cccc(OCCOCCOCCF)c1.